The molecule has 1 aromatic rings. The van der Waals surface area contributed by atoms with Gasteiger partial charge in [0.25, 0.3) is 5.91 Å². The molecule has 224 valence electrons. The molecule has 0 aromatic heterocycles. The third-order valence-electron chi connectivity index (χ3n) is 8.45. The van der Waals surface area contributed by atoms with Gasteiger partial charge >= 0.3 is 0 Å². The van der Waals surface area contributed by atoms with E-state index in [-0.39, 0.29) is 16.9 Å². The SMILES string of the molecule is C[C@H]1c2c(I)cc(C(C)(C)C)c(O)c2C(O)=C2C(=O)[C@]3(O)C(O)=C(C(=O)NC(C)(C)C)C(=O)[C@@H](N(C)C)[C@@H]3[C@@H](O)[C@@H]21. The summed E-state index contributed by atoms with van der Waals surface area (Å²) in [6.07, 6.45) is -1.61. The number of Topliss-reactive ketones (excluding diaryl/α,β-unsaturated/α-hetero) is 2. The number of hydrogen-bond acceptors (Lipinski definition) is 9. The first-order chi connectivity index (χ1) is 18.6. The number of phenolic OH excluding ortho intramolecular Hbond substituents is 1. The second kappa shape index (κ2) is 9.78. The number of aliphatic hydroxyl groups excluding tert-OH is 3. The molecular formula is C30H39IN2O8. The van der Waals surface area contributed by atoms with Crippen LogP contribution in [-0.2, 0) is 19.8 Å². The lowest BCUT2D eigenvalue weighted by atomic mass is 9.54. The molecule has 6 atom stereocenters. The summed E-state index contributed by atoms with van der Waals surface area (Å²) in [6.45, 7) is 12.4. The largest absolute Gasteiger partial charge is 0.508 e. The first kappa shape index (κ1) is 31.5. The summed E-state index contributed by atoms with van der Waals surface area (Å²) in [5.74, 6) is -8.26. The number of rotatable bonds is 2. The van der Waals surface area contributed by atoms with Crippen LogP contribution in [0.3, 0.4) is 0 Å². The van der Waals surface area contributed by atoms with Gasteiger partial charge in [-0.25, -0.2) is 0 Å². The molecule has 4 rings (SSSR count). The van der Waals surface area contributed by atoms with Crippen LogP contribution in [0.4, 0.5) is 0 Å². The molecule has 11 heteroatoms. The van der Waals surface area contributed by atoms with Crippen LogP contribution in [0.2, 0.25) is 0 Å². The fourth-order valence-electron chi connectivity index (χ4n) is 6.66. The number of nitrogens with zero attached hydrogens (tertiary/aromatic N) is 1. The molecule has 0 bridgehead atoms. The number of carbonyl (C=O) groups is 3. The van der Waals surface area contributed by atoms with E-state index in [2.05, 4.69) is 27.9 Å². The van der Waals surface area contributed by atoms with Gasteiger partial charge in [-0.1, -0.05) is 27.7 Å². The lowest BCUT2D eigenvalue weighted by molar-refractivity contribution is -0.169. The van der Waals surface area contributed by atoms with E-state index >= 15 is 0 Å². The summed E-state index contributed by atoms with van der Waals surface area (Å²) < 4.78 is 0.701. The number of halogens is 1. The first-order valence-corrected chi connectivity index (χ1v) is 14.6. The number of hydrogen-bond donors (Lipinski definition) is 6. The average molecular weight is 683 g/mol. The lowest BCUT2D eigenvalue weighted by Gasteiger charge is -2.54. The fourth-order valence-corrected chi connectivity index (χ4v) is 7.74. The molecule has 0 radical (unpaired) electrons. The van der Waals surface area contributed by atoms with Crippen LogP contribution in [0, 0.1) is 15.4 Å². The van der Waals surface area contributed by atoms with Crippen LogP contribution in [-0.4, -0.2) is 85.3 Å². The Balaban J connectivity index is 2.06. The maximum absolute atomic E-state index is 14.3. The summed E-state index contributed by atoms with van der Waals surface area (Å²) in [5.41, 5.74) is -4.34. The Hall–Kier alpha value is -2.48. The van der Waals surface area contributed by atoms with Crippen molar-refractivity contribution in [1.82, 2.24) is 10.2 Å². The van der Waals surface area contributed by atoms with Crippen molar-refractivity contribution in [3.8, 4) is 5.75 Å². The maximum Gasteiger partial charge on any atom is 0.258 e. The summed E-state index contributed by atoms with van der Waals surface area (Å²) in [6, 6.07) is 0.446. The van der Waals surface area contributed by atoms with Gasteiger partial charge in [0.05, 0.1) is 23.6 Å². The predicted octanol–water partition coefficient (Wildman–Crippen LogP) is 2.83. The average Bonchev–Trinajstić information content (AvgIpc) is 2.80. The van der Waals surface area contributed by atoms with Crippen molar-refractivity contribution in [2.75, 3.05) is 14.1 Å². The third-order valence-corrected chi connectivity index (χ3v) is 9.34. The van der Waals surface area contributed by atoms with E-state index in [1.54, 1.807) is 33.8 Å². The normalized spacial score (nSPS) is 30.3. The van der Waals surface area contributed by atoms with E-state index in [0.717, 1.165) is 0 Å². The number of phenols is 1. The number of likely N-dealkylation sites (N-methyl/N-ethyl adjacent to an activating group) is 1. The zero-order valence-electron chi connectivity index (χ0n) is 24.8. The Bertz CT molecular complexity index is 1430. The molecule has 0 spiro atoms. The molecule has 0 heterocycles. The summed E-state index contributed by atoms with van der Waals surface area (Å²) in [7, 11) is 3.03. The molecule has 10 nitrogen and oxygen atoms in total. The second-order valence-corrected chi connectivity index (χ2v) is 14.8. The standard InChI is InChI=1S/C30H39IN2O8/c1-11-14-13(31)10-12(28(2,3)4)21(34)16(14)22(35)17-15(11)23(36)19-20(33(8)9)24(37)18(27(40)32-29(5,6)7)26(39)30(19,41)25(17)38/h10-11,15,19-20,23,34-36,39,41H,1-9H3,(H,32,40)/t11-,15+,19+,20-,23-,30-/m0/s1. The molecule has 3 aliphatic rings. The van der Waals surface area contributed by atoms with Crippen LogP contribution in [0.5, 0.6) is 5.75 Å². The van der Waals surface area contributed by atoms with Crippen LogP contribution < -0.4 is 5.32 Å². The van der Waals surface area contributed by atoms with Gasteiger partial charge in [0.2, 0.25) is 5.78 Å². The summed E-state index contributed by atoms with van der Waals surface area (Å²) >= 11 is 2.09. The third kappa shape index (κ3) is 4.50. The first-order valence-electron chi connectivity index (χ1n) is 13.5. The number of benzene rings is 1. The van der Waals surface area contributed by atoms with E-state index in [1.807, 2.05) is 20.8 Å². The number of carbonyl (C=O) groups excluding carboxylic acids is 3. The minimum absolute atomic E-state index is 0.0217. The van der Waals surface area contributed by atoms with E-state index in [0.29, 0.717) is 14.7 Å². The van der Waals surface area contributed by atoms with Crippen molar-refractivity contribution in [3.63, 3.8) is 0 Å². The van der Waals surface area contributed by atoms with Gasteiger partial charge in [0, 0.05) is 26.2 Å². The highest BCUT2D eigenvalue weighted by Gasteiger charge is 2.68. The molecule has 6 N–H and O–H groups in total. The number of amides is 1. The quantitative estimate of drug-likeness (QED) is 0.203. The van der Waals surface area contributed by atoms with Crippen molar-refractivity contribution in [2.45, 2.75) is 83.1 Å². The van der Waals surface area contributed by atoms with Crippen molar-refractivity contribution in [3.05, 3.63) is 43.2 Å². The Morgan fingerprint density at radius 2 is 1.63 bits per heavy atom. The molecule has 1 saturated carbocycles. The van der Waals surface area contributed by atoms with Crippen molar-refractivity contribution in [2.24, 2.45) is 11.8 Å². The second-order valence-electron chi connectivity index (χ2n) is 13.7. The number of aromatic hydroxyl groups is 1. The molecule has 0 unspecified atom stereocenters. The van der Waals surface area contributed by atoms with E-state index < -0.39 is 81.0 Å². The smallest absolute Gasteiger partial charge is 0.258 e. The molecule has 3 aliphatic carbocycles. The van der Waals surface area contributed by atoms with E-state index in [4.69, 9.17) is 0 Å². The molecule has 1 fully saturated rings. The van der Waals surface area contributed by atoms with E-state index in [9.17, 15) is 39.9 Å². The monoisotopic (exact) mass is 682 g/mol. The Morgan fingerprint density at radius 3 is 2.12 bits per heavy atom. The molecule has 1 amide bonds. The molecule has 0 saturated heterocycles. The topological polar surface area (TPSA) is 168 Å². The Labute approximate surface area is 253 Å². The van der Waals surface area contributed by atoms with Crippen LogP contribution in [0.15, 0.2) is 23.0 Å². The highest BCUT2D eigenvalue weighted by atomic mass is 127. The number of aliphatic hydroxyl groups is 4. The number of ketones is 2. The molecular weight excluding hydrogens is 643 g/mol. The Kier molecular flexibility index (Phi) is 7.51. The van der Waals surface area contributed by atoms with Gasteiger partial charge in [-0.3, -0.25) is 19.3 Å². The van der Waals surface area contributed by atoms with Crippen molar-refractivity contribution >= 4 is 45.8 Å². The zero-order chi connectivity index (χ0) is 31.3. The molecule has 41 heavy (non-hydrogen) atoms. The van der Waals surface area contributed by atoms with Crippen LogP contribution >= 0.6 is 22.6 Å². The maximum atomic E-state index is 14.3. The van der Waals surface area contributed by atoms with Gasteiger partial charge in [-0.2, -0.15) is 0 Å². The highest BCUT2D eigenvalue weighted by molar-refractivity contribution is 14.1. The van der Waals surface area contributed by atoms with Gasteiger partial charge in [-0.15, -0.1) is 0 Å². The molecule has 0 aliphatic heterocycles. The Morgan fingerprint density at radius 1 is 1.07 bits per heavy atom. The minimum Gasteiger partial charge on any atom is -0.508 e. The summed E-state index contributed by atoms with van der Waals surface area (Å²) in [5, 5.41) is 60.9. The van der Waals surface area contributed by atoms with Gasteiger partial charge in [-0.05, 0) is 80.4 Å². The fraction of sp³-hybridized carbons (Fsp3) is 0.567. The van der Waals surface area contributed by atoms with Gasteiger partial charge in [0.15, 0.2) is 11.4 Å². The van der Waals surface area contributed by atoms with E-state index in [1.165, 1.54) is 19.0 Å². The molecule has 1 aromatic carbocycles. The zero-order valence-corrected chi connectivity index (χ0v) is 26.9. The number of nitrogens with one attached hydrogen (secondary N) is 1. The number of fused-ring (bicyclic) bond motifs is 3. The van der Waals surface area contributed by atoms with Crippen molar-refractivity contribution in [1.29, 1.82) is 0 Å². The van der Waals surface area contributed by atoms with Crippen LogP contribution in [0.25, 0.3) is 5.76 Å². The summed E-state index contributed by atoms with van der Waals surface area (Å²) in [4.78, 5) is 42.7. The van der Waals surface area contributed by atoms with Crippen LogP contribution in [0.1, 0.15) is 71.1 Å². The highest BCUT2D eigenvalue weighted by Crippen LogP contribution is 2.57. The minimum atomic E-state index is -2.91. The van der Waals surface area contributed by atoms with Crippen molar-refractivity contribution < 1.29 is 39.9 Å². The predicted molar refractivity (Wildman–Crippen MR) is 160 cm³/mol. The van der Waals surface area contributed by atoms with Gasteiger partial charge < -0.3 is 30.8 Å². The van der Waals surface area contributed by atoms with Gasteiger partial charge in [0.1, 0.15) is 22.8 Å². The lowest BCUT2D eigenvalue weighted by Crippen LogP contribution is -2.70.